The monoisotopic (exact) mass is 261 g/mol. The molecule has 7 heteroatoms. The summed E-state index contributed by atoms with van der Waals surface area (Å²) in [6.45, 7) is 2.48. The Morgan fingerprint density at radius 2 is 2.50 bits per heavy atom. The number of ether oxygens (including phenoxy) is 2. The Hall–Kier alpha value is -1.05. The molecule has 5 nitrogen and oxygen atoms in total. The first-order valence-electron chi connectivity index (χ1n) is 5.95. The number of rotatable bonds is 6. The van der Waals surface area contributed by atoms with Gasteiger partial charge in [-0.3, -0.25) is 0 Å². The number of hydrogen-bond donors (Lipinski definition) is 1. The summed E-state index contributed by atoms with van der Waals surface area (Å²) in [5.41, 5.74) is 0.947. The number of nitrogens with zero attached hydrogens (tertiary/aromatic N) is 2. The van der Waals surface area contributed by atoms with Gasteiger partial charge in [0.2, 0.25) is 0 Å². The summed E-state index contributed by atoms with van der Waals surface area (Å²) in [6.07, 6.45) is 0.957. The molecule has 1 aliphatic heterocycles. The van der Waals surface area contributed by atoms with E-state index < -0.39 is 13.0 Å². The van der Waals surface area contributed by atoms with Crippen LogP contribution in [0.3, 0.4) is 0 Å². The van der Waals surface area contributed by atoms with E-state index in [0.29, 0.717) is 13.2 Å². The molecule has 102 valence electrons. The van der Waals surface area contributed by atoms with Gasteiger partial charge in [0.15, 0.2) is 0 Å². The molecule has 18 heavy (non-hydrogen) atoms. The fourth-order valence-electron chi connectivity index (χ4n) is 1.88. The van der Waals surface area contributed by atoms with E-state index >= 15 is 0 Å². The summed E-state index contributed by atoms with van der Waals surface area (Å²) in [5, 5.41) is 3.24. The van der Waals surface area contributed by atoms with Crippen molar-refractivity contribution in [2.75, 3.05) is 32.9 Å². The van der Waals surface area contributed by atoms with E-state index in [0.717, 1.165) is 18.8 Å². The maximum atomic E-state index is 11.9. The maximum absolute atomic E-state index is 11.9. The molecule has 1 saturated heterocycles. The average Bonchev–Trinajstić information content (AvgIpc) is 2.84. The number of nitrogens with one attached hydrogen (secondary N) is 1. The average molecular weight is 261 g/mol. The summed E-state index contributed by atoms with van der Waals surface area (Å²) in [4.78, 5) is 4.06. The van der Waals surface area contributed by atoms with Gasteiger partial charge in [0.25, 0.3) is 6.43 Å². The van der Waals surface area contributed by atoms with Crippen molar-refractivity contribution in [3.8, 4) is 0 Å². The normalized spacial score (nSPS) is 20.5. The van der Waals surface area contributed by atoms with Gasteiger partial charge in [0, 0.05) is 19.6 Å². The lowest BCUT2D eigenvalue weighted by Crippen LogP contribution is -2.34. The van der Waals surface area contributed by atoms with Crippen LogP contribution in [0.15, 0.2) is 12.5 Å². The molecule has 0 amide bonds. The van der Waals surface area contributed by atoms with Crippen LogP contribution in [0.25, 0.3) is 0 Å². The predicted octanol–water partition coefficient (Wildman–Crippen LogP) is 0.826. The second-order valence-electron chi connectivity index (χ2n) is 4.04. The molecule has 1 fully saturated rings. The minimum atomic E-state index is -2.42. The Labute approximate surface area is 104 Å². The quantitative estimate of drug-likeness (QED) is 0.770. The molecule has 0 radical (unpaired) electrons. The molecule has 1 aromatic heterocycles. The molecule has 0 saturated carbocycles. The number of imidazole rings is 1. The van der Waals surface area contributed by atoms with Crippen molar-refractivity contribution in [3.05, 3.63) is 18.2 Å². The number of morpholine rings is 1. The molecule has 1 atom stereocenters. The Morgan fingerprint density at radius 3 is 3.22 bits per heavy atom. The van der Waals surface area contributed by atoms with Crippen LogP contribution in [0.5, 0.6) is 0 Å². The highest BCUT2D eigenvalue weighted by Crippen LogP contribution is 2.18. The molecule has 0 aliphatic carbocycles. The smallest absolute Gasteiger partial charge is 0.261 e. The topological polar surface area (TPSA) is 48.3 Å². The molecule has 0 spiro atoms. The van der Waals surface area contributed by atoms with Crippen LogP contribution >= 0.6 is 0 Å². The first-order chi connectivity index (χ1) is 8.77. The van der Waals surface area contributed by atoms with Crippen LogP contribution in [0.1, 0.15) is 11.8 Å². The van der Waals surface area contributed by atoms with Crippen molar-refractivity contribution in [3.63, 3.8) is 0 Å². The van der Waals surface area contributed by atoms with Gasteiger partial charge in [-0.25, -0.2) is 13.8 Å². The van der Waals surface area contributed by atoms with Crippen molar-refractivity contribution in [2.24, 2.45) is 0 Å². The Bertz CT molecular complexity index is 354. The molecular formula is C11H17F2N3O2. The zero-order chi connectivity index (χ0) is 12.8. The lowest BCUT2D eigenvalue weighted by atomic mass is 10.2. The molecule has 2 heterocycles. The standard InChI is InChI=1S/C11H17F2N3O2/c12-11(13)7-17-4-2-16-8-15-5-9(16)10-6-14-1-3-18-10/h5,8,10-11,14H,1-4,6-7H2. The largest absolute Gasteiger partial charge is 0.374 e. The molecule has 2 rings (SSSR count). The maximum Gasteiger partial charge on any atom is 0.261 e. The van der Waals surface area contributed by atoms with Crippen LogP contribution in [0.4, 0.5) is 8.78 Å². The third kappa shape index (κ3) is 3.72. The van der Waals surface area contributed by atoms with E-state index in [2.05, 4.69) is 10.3 Å². The third-order valence-electron chi connectivity index (χ3n) is 2.72. The molecule has 1 aromatic rings. The Morgan fingerprint density at radius 1 is 1.61 bits per heavy atom. The van der Waals surface area contributed by atoms with Gasteiger partial charge in [-0.05, 0) is 0 Å². The molecule has 0 bridgehead atoms. The highest BCUT2D eigenvalue weighted by molar-refractivity contribution is 5.04. The number of alkyl halides is 2. The lowest BCUT2D eigenvalue weighted by Gasteiger charge is -2.24. The van der Waals surface area contributed by atoms with E-state index in [9.17, 15) is 8.78 Å². The highest BCUT2D eigenvalue weighted by atomic mass is 19.3. The number of aromatic nitrogens is 2. The van der Waals surface area contributed by atoms with Gasteiger partial charge >= 0.3 is 0 Å². The van der Waals surface area contributed by atoms with E-state index in [1.807, 2.05) is 4.57 Å². The zero-order valence-corrected chi connectivity index (χ0v) is 10.0. The van der Waals surface area contributed by atoms with Gasteiger partial charge in [0.1, 0.15) is 12.7 Å². The van der Waals surface area contributed by atoms with Crippen LogP contribution in [-0.2, 0) is 16.0 Å². The van der Waals surface area contributed by atoms with Gasteiger partial charge < -0.3 is 19.4 Å². The SMILES string of the molecule is FC(F)COCCn1cncc1C1CNCCO1. The van der Waals surface area contributed by atoms with Crippen molar-refractivity contribution in [1.82, 2.24) is 14.9 Å². The van der Waals surface area contributed by atoms with Crippen LogP contribution < -0.4 is 5.32 Å². The summed E-state index contributed by atoms with van der Waals surface area (Å²) >= 11 is 0. The lowest BCUT2D eigenvalue weighted by molar-refractivity contribution is 0.00964. The van der Waals surface area contributed by atoms with Crippen molar-refractivity contribution >= 4 is 0 Å². The molecular weight excluding hydrogens is 244 g/mol. The van der Waals surface area contributed by atoms with Gasteiger partial charge in [-0.1, -0.05) is 0 Å². The molecule has 1 unspecified atom stereocenters. The Kier molecular flexibility index (Phi) is 5.03. The van der Waals surface area contributed by atoms with Crippen LogP contribution in [0, 0.1) is 0 Å². The van der Waals surface area contributed by atoms with E-state index in [4.69, 9.17) is 9.47 Å². The second-order valence-corrected chi connectivity index (χ2v) is 4.04. The fraction of sp³-hybridized carbons (Fsp3) is 0.727. The summed E-state index contributed by atoms with van der Waals surface area (Å²) in [6, 6.07) is 0. The fourth-order valence-corrected chi connectivity index (χ4v) is 1.88. The number of halogens is 2. The zero-order valence-electron chi connectivity index (χ0n) is 10.0. The molecule has 1 N–H and O–H groups in total. The highest BCUT2D eigenvalue weighted by Gasteiger charge is 2.19. The van der Waals surface area contributed by atoms with Crippen molar-refractivity contribution in [1.29, 1.82) is 0 Å². The predicted molar refractivity (Wildman–Crippen MR) is 60.6 cm³/mol. The minimum absolute atomic E-state index is 0.0312. The van der Waals surface area contributed by atoms with Gasteiger partial charge in [-0.2, -0.15) is 0 Å². The van der Waals surface area contributed by atoms with Crippen LogP contribution in [-0.4, -0.2) is 48.9 Å². The summed E-state index contributed by atoms with van der Waals surface area (Å²) in [5.74, 6) is 0. The number of hydrogen-bond acceptors (Lipinski definition) is 4. The van der Waals surface area contributed by atoms with Crippen molar-refractivity contribution in [2.45, 2.75) is 19.1 Å². The first-order valence-corrected chi connectivity index (χ1v) is 5.95. The summed E-state index contributed by atoms with van der Waals surface area (Å²) in [7, 11) is 0. The minimum Gasteiger partial charge on any atom is -0.374 e. The third-order valence-corrected chi connectivity index (χ3v) is 2.72. The van der Waals surface area contributed by atoms with Crippen LogP contribution in [0.2, 0.25) is 0 Å². The first kappa shape index (κ1) is 13.4. The van der Waals surface area contributed by atoms with E-state index in [1.165, 1.54) is 0 Å². The molecule has 1 aliphatic rings. The van der Waals surface area contributed by atoms with Gasteiger partial charge in [0.05, 0.1) is 31.4 Å². The van der Waals surface area contributed by atoms with E-state index in [-0.39, 0.29) is 12.7 Å². The van der Waals surface area contributed by atoms with E-state index in [1.54, 1.807) is 12.5 Å². The second kappa shape index (κ2) is 6.77. The van der Waals surface area contributed by atoms with Gasteiger partial charge in [-0.15, -0.1) is 0 Å². The van der Waals surface area contributed by atoms with Crippen molar-refractivity contribution < 1.29 is 18.3 Å². The summed E-state index contributed by atoms with van der Waals surface area (Å²) < 4.78 is 36.2. The Balaban J connectivity index is 1.83. The molecule has 0 aromatic carbocycles.